The minimum absolute atomic E-state index is 0.167. The maximum absolute atomic E-state index is 14.4. The molecule has 27 heavy (non-hydrogen) atoms. The Hall–Kier alpha value is -3.54. The molecule has 0 saturated carbocycles. The molecule has 3 aromatic rings. The van der Waals surface area contributed by atoms with Crippen molar-refractivity contribution in [2.75, 3.05) is 14.2 Å². The molecule has 0 aliphatic carbocycles. The summed E-state index contributed by atoms with van der Waals surface area (Å²) >= 11 is 0. The van der Waals surface area contributed by atoms with E-state index >= 15 is 0 Å². The van der Waals surface area contributed by atoms with Gasteiger partial charge in [-0.25, -0.2) is 9.18 Å². The van der Waals surface area contributed by atoms with Crippen LogP contribution in [0.15, 0.2) is 60.7 Å². The summed E-state index contributed by atoms with van der Waals surface area (Å²) < 4.78 is 29.6. The molecule has 1 N–H and O–H groups in total. The average molecular weight is 368 g/mol. The van der Waals surface area contributed by atoms with E-state index in [0.29, 0.717) is 5.56 Å². The first-order chi connectivity index (χ1) is 13.0. The van der Waals surface area contributed by atoms with Crippen molar-refractivity contribution in [3.8, 4) is 34.1 Å². The van der Waals surface area contributed by atoms with E-state index in [9.17, 15) is 14.3 Å². The summed E-state index contributed by atoms with van der Waals surface area (Å²) in [4.78, 5) is 12.4. The molecular formula is C21H17FO5. The maximum atomic E-state index is 14.4. The van der Waals surface area contributed by atoms with Crippen molar-refractivity contribution >= 4 is 5.97 Å². The van der Waals surface area contributed by atoms with Crippen molar-refractivity contribution in [3.63, 3.8) is 0 Å². The molecule has 0 heterocycles. The summed E-state index contributed by atoms with van der Waals surface area (Å²) in [5.74, 6) is -1.72. The predicted octanol–water partition coefficient (Wildman–Crippen LogP) is 4.43. The molecule has 3 aromatic carbocycles. The first-order valence-corrected chi connectivity index (χ1v) is 8.05. The van der Waals surface area contributed by atoms with Crippen LogP contribution in [0.2, 0.25) is 0 Å². The van der Waals surface area contributed by atoms with E-state index in [2.05, 4.69) is 0 Å². The van der Waals surface area contributed by atoms with Crippen LogP contribution in [0.3, 0.4) is 0 Å². The fraction of sp³-hybridized carbons (Fsp3) is 0.0952. The van der Waals surface area contributed by atoms with E-state index < -0.39 is 11.8 Å². The fourth-order valence-electron chi connectivity index (χ4n) is 2.58. The second kappa shape index (κ2) is 7.78. The van der Waals surface area contributed by atoms with Crippen molar-refractivity contribution in [3.05, 3.63) is 72.0 Å². The summed E-state index contributed by atoms with van der Waals surface area (Å²) in [5.41, 5.74) is 1.33. The lowest BCUT2D eigenvalue weighted by molar-refractivity contribution is 0.0724. The van der Waals surface area contributed by atoms with E-state index in [0.717, 1.165) is 5.56 Å². The van der Waals surface area contributed by atoms with Crippen LogP contribution >= 0.6 is 0 Å². The Labute approximate surface area is 155 Å². The number of carbonyl (C=O) groups is 1. The van der Waals surface area contributed by atoms with Gasteiger partial charge in [-0.15, -0.1) is 0 Å². The van der Waals surface area contributed by atoms with Gasteiger partial charge in [0.1, 0.15) is 11.3 Å². The van der Waals surface area contributed by atoms with Gasteiger partial charge in [0, 0.05) is 12.1 Å². The number of aromatic hydroxyl groups is 1. The fourth-order valence-corrected chi connectivity index (χ4v) is 2.58. The van der Waals surface area contributed by atoms with Gasteiger partial charge in [0.05, 0.1) is 14.2 Å². The SMILES string of the molecule is COc1cc(O)c(C(=O)Oc2ccc(-c3ccccc3)cc2F)cc1OC. The predicted molar refractivity (Wildman–Crippen MR) is 98.0 cm³/mol. The van der Waals surface area contributed by atoms with E-state index in [-0.39, 0.29) is 28.6 Å². The number of halogens is 1. The smallest absolute Gasteiger partial charge is 0.347 e. The molecule has 0 radical (unpaired) electrons. The number of ether oxygens (including phenoxy) is 3. The van der Waals surface area contributed by atoms with Gasteiger partial charge < -0.3 is 19.3 Å². The number of phenolic OH excluding ortho intramolecular Hbond substituents is 1. The average Bonchev–Trinajstić information content (AvgIpc) is 2.69. The minimum Gasteiger partial charge on any atom is -0.507 e. The Morgan fingerprint density at radius 2 is 1.52 bits per heavy atom. The third-order valence-electron chi connectivity index (χ3n) is 3.96. The second-order valence-corrected chi connectivity index (χ2v) is 5.63. The molecule has 3 rings (SSSR count). The molecule has 0 aliphatic heterocycles. The zero-order valence-corrected chi connectivity index (χ0v) is 14.7. The highest BCUT2D eigenvalue weighted by atomic mass is 19.1. The maximum Gasteiger partial charge on any atom is 0.347 e. The van der Waals surface area contributed by atoms with Crippen molar-refractivity contribution < 1.29 is 28.5 Å². The highest BCUT2D eigenvalue weighted by molar-refractivity contribution is 5.95. The van der Waals surface area contributed by atoms with Gasteiger partial charge in [0.2, 0.25) is 0 Å². The van der Waals surface area contributed by atoms with Crippen LogP contribution in [-0.4, -0.2) is 25.3 Å². The van der Waals surface area contributed by atoms with Gasteiger partial charge in [-0.3, -0.25) is 0 Å². The highest BCUT2D eigenvalue weighted by Gasteiger charge is 2.20. The molecule has 0 amide bonds. The van der Waals surface area contributed by atoms with Crippen molar-refractivity contribution in [2.24, 2.45) is 0 Å². The lowest BCUT2D eigenvalue weighted by Crippen LogP contribution is -2.10. The number of esters is 1. The topological polar surface area (TPSA) is 65.0 Å². The first kappa shape index (κ1) is 18.3. The normalized spacial score (nSPS) is 10.3. The monoisotopic (exact) mass is 368 g/mol. The highest BCUT2D eigenvalue weighted by Crippen LogP contribution is 2.35. The van der Waals surface area contributed by atoms with E-state index in [1.165, 1.54) is 38.5 Å². The zero-order chi connectivity index (χ0) is 19.4. The molecule has 0 atom stereocenters. The van der Waals surface area contributed by atoms with Gasteiger partial charge in [-0.2, -0.15) is 0 Å². The summed E-state index contributed by atoms with van der Waals surface area (Å²) in [6.45, 7) is 0. The molecule has 0 bridgehead atoms. The van der Waals surface area contributed by atoms with Gasteiger partial charge >= 0.3 is 5.97 Å². The molecular weight excluding hydrogens is 351 g/mol. The quantitative estimate of drug-likeness (QED) is 0.533. The Balaban J connectivity index is 1.86. The summed E-state index contributed by atoms with van der Waals surface area (Å²) in [6, 6.07) is 16.1. The molecule has 0 saturated heterocycles. The lowest BCUT2D eigenvalue weighted by Gasteiger charge is -2.12. The second-order valence-electron chi connectivity index (χ2n) is 5.63. The van der Waals surface area contributed by atoms with Crippen LogP contribution < -0.4 is 14.2 Å². The van der Waals surface area contributed by atoms with Crippen LogP contribution in [0.5, 0.6) is 23.0 Å². The Morgan fingerprint density at radius 1 is 0.852 bits per heavy atom. The molecule has 0 aromatic heterocycles. The Morgan fingerprint density at radius 3 is 2.15 bits per heavy atom. The molecule has 6 heteroatoms. The Bertz CT molecular complexity index is 970. The van der Waals surface area contributed by atoms with Crippen LogP contribution in [0.4, 0.5) is 4.39 Å². The number of methoxy groups -OCH3 is 2. The zero-order valence-electron chi connectivity index (χ0n) is 14.7. The number of phenols is 1. The molecule has 0 spiro atoms. The Kier molecular flexibility index (Phi) is 5.26. The standard InChI is InChI=1S/C21H17FO5/c1-25-19-11-15(17(23)12-20(19)26-2)21(24)27-18-9-8-14(10-16(18)22)13-6-4-3-5-7-13/h3-12,23H,1-2H3. The number of carbonyl (C=O) groups excluding carboxylic acids is 1. The van der Waals surface area contributed by atoms with Crippen LogP contribution in [0.1, 0.15) is 10.4 Å². The molecule has 0 unspecified atom stereocenters. The molecule has 138 valence electrons. The lowest BCUT2D eigenvalue weighted by atomic mass is 10.1. The first-order valence-electron chi connectivity index (χ1n) is 8.05. The summed E-state index contributed by atoms with van der Waals surface area (Å²) in [5, 5.41) is 10.0. The number of hydrogen-bond donors (Lipinski definition) is 1. The van der Waals surface area contributed by atoms with Gasteiger partial charge in [-0.1, -0.05) is 36.4 Å². The number of benzene rings is 3. The largest absolute Gasteiger partial charge is 0.507 e. The number of rotatable bonds is 5. The summed E-state index contributed by atoms with van der Waals surface area (Å²) in [6.07, 6.45) is 0. The third-order valence-corrected chi connectivity index (χ3v) is 3.96. The van der Waals surface area contributed by atoms with Gasteiger partial charge in [0.25, 0.3) is 0 Å². The van der Waals surface area contributed by atoms with Crippen molar-refractivity contribution in [1.29, 1.82) is 0 Å². The van der Waals surface area contributed by atoms with Crippen molar-refractivity contribution in [2.45, 2.75) is 0 Å². The van der Waals surface area contributed by atoms with Crippen LogP contribution in [-0.2, 0) is 0 Å². The van der Waals surface area contributed by atoms with E-state index in [1.807, 2.05) is 30.3 Å². The minimum atomic E-state index is -0.917. The van der Waals surface area contributed by atoms with Crippen molar-refractivity contribution in [1.82, 2.24) is 0 Å². The van der Waals surface area contributed by atoms with Gasteiger partial charge in [0.15, 0.2) is 23.1 Å². The molecule has 0 fully saturated rings. The van der Waals surface area contributed by atoms with Crippen LogP contribution in [0.25, 0.3) is 11.1 Å². The van der Waals surface area contributed by atoms with Gasteiger partial charge in [-0.05, 0) is 23.3 Å². The third kappa shape index (κ3) is 3.84. The van der Waals surface area contributed by atoms with Crippen LogP contribution in [0, 0.1) is 5.82 Å². The molecule has 5 nitrogen and oxygen atoms in total. The molecule has 0 aliphatic rings. The van der Waals surface area contributed by atoms with E-state index in [4.69, 9.17) is 14.2 Å². The van der Waals surface area contributed by atoms with E-state index in [1.54, 1.807) is 6.07 Å². The summed E-state index contributed by atoms with van der Waals surface area (Å²) in [7, 11) is 2.80. The number of hydrogen-bond acceptors (Lipinski definition) is 5.